The first-order valence-electron chi connectivity index (χ1n) is 5.56. The third-order valence-electron chi connectivity index (χ3n) is 2.70. The van der Waals surface area contributed by atoms with Crippen molar-refractivity contribution in [3.8, 4) is 6.07 Å². The van der Waals surface area contributed by atoms with Crippen LogP contribution in [0, 0.1) is 11.3 Å². The molecule has 0 bridgehead atoms. The van der Waals surface area contributed by atoms with Gasteiger partial charge in [-0.05, 0) is 24.6 Å². The van der Waals surface area contributed by atoms with E-state index in [2.05, 4.69) is 0 Å². The summed E-state index contributed by atoms with van der Waals surface area (Å²) in [5.74, 6) is -0.836. The Kier molecular flexibility index (Phi) is 4.53. The fourth-order valence-electron chi connectivity index (χ4n) is 1.73. The average molecular weight is 232 g/mol. The third kappa shape index (κ3) is 3.22. The van der Waals surface area contributed by atoms with Crippen LogP contribution in [0.4, 0.5) is 5.69 Å². The van der Waals surface area contributed by atoms with Crippen LogP contribution >= 0.6 is 0 Å². The first-order valence-corrected chi connectivity index (χ1v) is 5.56. The van der Waals surface area contributed by atoms with Crippen molar-refractivity contribution in [2.45, 2.75) is 25.8 Å². The number of likely N-dealkylation sites (N-methyl/N-ethyl adjacent to an activating group) is 1. The number of nitrogens with zero attached hydrogens (tertiary/aromatic N) is 2. The highest BCUT2D eigenvalue weighted by Gasteiger charge is 2.21. The Morgan fingerprint density at radius 2 is 2.29 bits per heavy atom. The van der Waals surface area contributed by atoms with Gasteiger partial charge in [0.15, 0.2) is 0 Å². The molecule has 4 nitrogen and oxygen atoms in total. The molecule has 1 atom stereocenters. The van der Waals surface area contributed by atoms with Gasteiger partial charge >= 0.3 is 5.97 Å². The second kappa shape index (κ2) is 5.90. The van der Waals surface area contributed by atoms with E-state index >= 15 is 0 Å². The molecular weight excluding hydrogens is 216 g/mol. The van der Waals surface area contributed by atoms with Gasteiger partial charge in [-0.15, -0.1) is 0 Å². The Bertz CT molecular complexity index is 437. The SMILES string of the molecule is CCCC(C(=O)O)N(C)c1cccc(C#N)c1. The number of rotatable bonds is 5. The predicted molar refractivity (Wildman–Crippen MR) is 65.9 cm³/mol. The van der Waals surface area contributed by atoms with Gasteiger partial charge in [0.25, 0.3) is 0 Å². The topological polar surface area (TPSA) is 64.3 Å². The molecule has 1 aromatic rings. The number of anilines is 1. The van der Waals surface area contributed by atoms with E-state index in [4.69, 9.17) is 10.4 Å². The maximum absolute atomic E-state index is 11.2. The fourth-order valence-corrected chi connectivity index (χ4v) is 1.73. The molecule has 0 radical (unpaired) electrons. The lowest BCUT2D eigenvalue weighted by molar-refractivity contribution is -0.138. The number of benzene rings is 1. The van der Waals surface area contributed by atoms with Gasteiger partial charge in [0.2, 0.25) is 0 Å². The van der Waals surface area contributed by atoms with Crippen LogP contribution in [0.2, 0.25) is 0 Å². The monoisotopic (exact) mass is 232 g/mol. The standard InChI is InChI=1S/C13H16N2O2/c1-3-5-12(13(16)17)15(2)11-7-4-6-10(8-11)9-14/h4,6-8,12H,3,5H2,1-2H3,(H,16,17). The smallest absolute Gasteiger partial charge is 0.326 e. The molecule has 1 unspecified atom stereocenters. The van der Waals surface area contributed by atoms with Crippen LogP contribution in [-0.4, -0.2) is 24.2 Å². The molecule has 0 spiro atoms. The summed E-state index contributed by atoms with van der Waals surface area (Å²) in [5.41, 5.74) is 1.29. The molecule has 90 valence electrons. The third-order valence-corrected chi connectivity index (χ3v) is 2.70. The van der Waals surface area contributed by atoms with Crippen molar-refractivity contribution in [2.24, 2.45) is 0 Å². The highest BCUT2D eigenvalue weighted by molar-refractivity contribution is 5.78. The van der Waals surface area contributed by atoms with Gasteiger partial charge in [0.05, 0.1) is 11.6 Å². The molecule has 0 saturated heterocycles. The first kappa shape index (κ1) is 13.0. The summed E-state index contributed by atoms with van der Waals surface area (Å²) < 4.78 is 0. The Labute approximate surface area is 101 Å². The number of hydrogen-bond acceptors (Lipinski definition) is 3. The lowest BCUT2D eigenvalue weighted by Gasteiger charge is -2.26. The highest BCUT2D eigenvalue weighted by Crippen LogP contribution is 2.19. The van der Waals surface area contributed by atoms with Crippen LogP contribution in [0.25, 0.3) is 0 Å². The van der Waals surface area contributed by atoms with Gasteiger partial charge in [-0.1, -0.05) is 19.4 Å². The van der Waals surface area contributed by atoms with Crippen LogP contribution in [0.5, 0.6) is 0 Å². The van der Waals surface area contributed by atoms with Gasteiger partial charge in [0.1, 0.15) is 6.04 Å². The zero-order valence-corrected chi connectivity index (χ0v) is 10.1. The molecule has 1 aromatic carbocycles. The highest BCUT2D eigenvalue weighted by atomic mass is 16.4. The number of carboxylic acid groups (broad SMARTS) is 1. The maximum Gasteiger partial charge on any atom is 0.326 e. The van der Waals surface area contributed by atoms with E-state index < -0.39 is 12.0 Å². The molecule has 0 fully saturated rings. The summed E-state index contributed by atoms with van der Waals surface area (Å²) in [5, 5.41) is 18.0. The minimum atomic E-state index is -0.836. The van der Waals surface area contributed by atoms with Crippen LogP contribution in [0.15, 0.2) is 24.3 Å². The van der Waals surface area contributed by atoms with Gasteiger partial charge in [-0.2, -0.15) is 5.26 Å². The second-order valence-electron chi connectivity index (χ2n) is 3.92. The van der Waals surface area contributed by atoms with Crippen LogP contribution in [0.3, 0.4) is 0 Å². The first-order chi connectivity index (χ1) is 8.10. The maximum atomic E-state index is 11.2. The minimum Gasteiger partial charge on any atom is -0.480 e. The summed E-state index contributed by atoms with van der Waals surface area (Å²) in [6, 6.07) is 8.47. The van der Waals surface area contributed by atoms with Gasteiger partial charge in [-0.25, -0.2) is 4.79 Å². The van der Waals surface area contributed by atoms with Crippen molar-refractivity contribution in [3.05, 3.63) is 29.8 Å². The molecule has 1 N–H and O–H groups in total. The van der Waals surface area contributed by atoms with Crippen LogP contribution in [0.1, 0.15) is 25.3 Å². The second-order valence-corrected chi connectivity index (χ2v) is 3.92. The molecule has 4 heteroatoms. The quantitative estimate of drug-likeness (QED) is 0.845. The molecule has 0 aliphatic rings. The predicted octanol–water partition coefficient (Wildman–Crippen LogP) is 2.25. The summed E-state index contributed by atoms with van der Waals surface area (Å²) in [4.78, 5) is 12.9. The van der Waals surface area contributed by atoms with Gasteiger partial charge < -0.3 is 10.0 Å². The molecule has 1 rings (SSSR count). The Balaban J connectivity index is 2.96. The van der Waals surface area contributed by atoms with Crippen molar-refractivity contribution < 1.29 is 9.90 Å². The Hall–Kier alpha value is -2.02. The van der Waals surface area contributed by atoms with Crippen molar-refractivity contribution in [2.75, 3.05) is 11.9 Å². The normalized spacial score (nSPS) is 11.6. The number of hydrogen-bond donors (Lipinski definition) is 1. The van der Waals surface area contributed by atoms with E-state index in [1.807, 2.05) is 19.1 Å². The number of aliphatic carboxylic acids is 1. The Morgan fingerprint density at radius 3 is 2.82 bits per heavy atom. The minimum absolute atomic E-state index is 0.537. The van der Waals surface area contributed by atoms with Crippen LogP contribution in [-0.2, 0) is 4.79 Å². The summed E-state index contributed by atoms with van der Waals surface area (Å²) in [6.07, 6.45) is 1.39. The summed E-state index contributed by atoms with van der Waals surface area (Å²) in [6.45, 7) is 1.95. The lowest BCUT2D eigenvalue weighted by atomic mass is 10.1. The number of carbonyl (C=O) groups is 1. The number of nitriles is 1. The molecule has 17 heavy (non-hydrogen) atoms. The lowest BCUT2D eigenvalue weighted by Crippen LogP contribution is -2.38. The largest absolute Gasteiger partial charge is 0.480 e. The zero-order chi connectivity index (χ0) is 12.8. The molecule has 0 aliphatic carbocycles. The van der Waals surface area contributed by atoms with Crippen molar-refractivity contribution >= 4 is 11.7 Å². The number of carboxylic acids is 1. The van der Waals surface area contributed by atoms with Crippen molar-refractivity contribution in [1.29, 1.82) is 5.26 Å². The average Bonchev–Trinajstić information content (AvgIpc) is 2.34. The van der Waals surface area contributed by atoms with E-state index in [9.17, 15) is 4.79 Å². The van der Waals surface area contributed by atoms with Crippen molar-refractivity contribution in [1.82, 2.24) is 0 Å². The van der Waals surface area contributed by atoms with E-state index in [-0.39, 0.29) is 0 Å². The summed E-state index contributed by atoms with van der Waals surface area (Å²) in [7, 11) is 1.74. The molecule has 0 amide bonds. The van der Waals surface area contributed by atoms with E-state index in [1.54, 1.807) is 30.1 Å². The van der Waals surface area contributed by atoms with Gasteiger partial charge in [-0.3, -0.25) is 0 Å². The Morgan fingerprint density at radius 1 is 1.59 bits per heavy atom. The molecule has 0 aliphatic heterocycles. The van der Waals surface area contributed by atoms with Gasteiger partial charge in [0, 0.05) is 12.7 Å². The summed E-state index contributed by atoms with van der Waals surface area (Å²) >= 11 is 0. The molecule has 0 saturated carbocycles. The van der Waals surface area contributed by atoms with E-state index in [1.165, 1.54) is 0 Å². The zero-order valence-electron chi connectivity index (χ0n) is 10.1. The van der Waals surface area contributed by atoms with E-state index in [0.717, 1.165) is 12.1 Å². The van der Waals surface area contributed by atoms with Crippen molar-refractivity contribution in [3.63, 3.8) is 0 Å². The van der Waals surface area contributed by atoms with E-state index in [0.29, 0.717) is 12.0 Å². The molecular formula is C13H16N2O2. The van der Waals surface area contributed by atoms with Crippen LogP contribution < -0.4 is 4.90 Å². The molecule has 0 heterocycles. The molecule has 0 aromatic heterocycles. The fraction of sp³-hybridized carbons (Fsp3) is 0.385.